The van der Waals surface area contributed by atoms with E-state index >= 15 is 8.78 Å². The Labute approximate surface area is 232 Å². The van der Waals surface area contributed by atoms with Gasteiger partial charge in [0.05, 0.1) is 13.7 Å². The van der Waals surface area contributed by atoms with E-state index < -0.39 is 53.1 Å². The van der Waals surface area contributed by atoms with E-state index in [9.17, 15) is 23.2 Å². The van der Waals surface area contributed by atoms with E-state index in [4.69, 9.17) is 9.47 Å². The number of benzene rings is 2. The normalized spacial score (nSPS) is 16.8. The van der Waals surface area contributed by atoms with Crippen LogP contribution >= 0.6 is 0 Å². The molecule has 218 valence electrons. The van der Waals surface area contributed by atoms with Gasteiger partial charge in [0, 0.05) is 55.1 Å². The summed E-state index contributed by atoms with van der Waals surface area (Å²) in [4.78, 5) is 41.2. The van der Waals surface area contributed by atoms with Crippen LogP contribution in [0.25, 0.3) is 0 Å². The number of aryl methyl sites for hydroxylation is 1. The molecule has 1 aliphatic rings. The minimum atomic E-state index is -3.06. The van der Waals surface area contributed by atoms with Crippen LogP contribution in [0.1, 0.15) is 27.5 Å². The summed E-state index contributed by atoms with van der Waals surface area (Å²) in [5.74, 6) is -5.11. The largest absolute Gasteiger partial charge is 0.497 e. The van der Waals surface area contributed by atoms with E-state index in [-0.39, 0.29) is 42.4 Å². The zero-order chi connectivity index (χ0) is 29.8. The third-order valence-electron chi connectivity index (χ3n) is 6.78. The molecule has 0 aliphatic carbocycles. The van der Waals surface area contributed by atoms with Crippen molar-refractivity contribution in [1.29, 1.82) is 0 Å². The Bertz CT molecular complexity index is 1470. The van der Waals surface area contributed by atoms with Crippen molar-refractivity contribution in [3.8, 4) is 11.5 Å². The Balaban J connectivity index is 1.73. The van der Waals surface area contributed by atoms with E-state index in [0.29, 0.717) is 5.69 Å². The molecule has 9 nitrogen and oxygen atoms in total. The fourth-order valence-corrected chi connectivity index (χ4v) is 4.74. The van der Waals surface area contributed by atoms with Gasteiger partial charge in [-0.25, -0.2) is 8.78 Å². The van der Waals surface area contributed by atoms with Gasteiger partial charge in [0.15, 0.2) is 0 Å². The number of alkyl halides is 2. The van der Waals surface area contributed by atoms with Gasteiger partial charge in [0.2, 0.25) is 5.91 Å². The third-order valence-corrected chi connectivity index (χ3v) is 6.78. The van der Waals surface area contributed by atoms with Crippen LogP contribution in [-0.2, 0) is 16.1 Å². The molecule has 3 aromatic rings. The molecular weight excluding hydrogens is 550 g/mol. The van der Waals surface area contributed by atoms with Crippen molar-refractivity contribution < 1.29 is 41.4 Å². The van der Waals surface area contributed by atoms with Crippen molar-refractivity contribution in [3.05, 3.63) is 87.3 Å². The van der Waals surface area contributed by atoms with Gasteiger partial charge in [0.25, 0.3) is 11.5 Å². The van der Waals surface area contributed by atoms with Crippen molar-refractivity contribution in [2.75, 3.05) is 32.3 Å². The van der Waals surface area contributed by atoms with Crippen molar-refractivity contribution >= 4 is 17.5 Å². The summed E-state index contributed by atoms with van der Waals surface area (Å²) in [6.45, 7) is -1.25. The summed E-state index contributed by atoms with van der Waals surface area (Å²) < 4.78 is 71.0. The van der Waals surface area contributed by atoms with Crippen LogP contribution in [0.3, 0.4) is 0 Å². The smallest absolute Gasteiger partial charge is 0.387 e. The number of aromatic nitrogens is 1. The molecule has 1 unspecified atom stereocenters. The van der Waals surface area contributed by atoms with Gasteiger partial charge in [0.1, 0.15) is 34.9 Å². The fourth-order valence-electron chi connectivity index (χ4n) is 4.74. The predicted molar refractivity (Wildman–Crippen MR) is 140 cm³/mol. The Morgan fingerprint density at radius 1 is 1.02 bits per heavy atom. The Hall–Kier alpha value is -4.39. The SMILES string of the molecule is COCCn1c(C)ccc(N2C[C@@H](c3c(F)cc(OC)cc3F)C(NC(=O)c3ccc(OC(F)F)cc3)C2=O)c1=O. The second-order valence-corrected chi connectivity index (χ2v) is 9.22. The number of methoxy groups -OCH3 is 2. The fraction of sp³-hybridized carbons (Fsp3) is 0.321. The molecule has 2 amide bonds. The molecule has 1 N–H and O–H groups in total. The number of amides is 2. The number of hydrogen-bond acceptors (Lipinski definition) is 6. The van der Waals surface area contributed by atoms with E-state index in [2.05, 4.69) is 10.1 Å². The standard InChI is InChI=1S/C28H27F4N3O6/c1-15-4-9-22(26(37)34(15)10-11-39-2)35-14-19(23-20(29)12-18(40-3)13-21(23)30)24(27(35)38)33-25(36)16-5-7-17(8-6-16)41-28(31)32/h4-9,12-13,19,24,28H,10-11,14H2,1-3H3,(H,33,36)/t19-,24?/m0/s1. The maximum atomic E-state index is 15.2. The summed E-state index contributed by atoms with van der Waals surface area (Å²) in [5.41, 5.74) is -0.452. The molecule has 0 spiro atoms. The van der Waals surface area contributed by atoms with Crippen molar-refractivity contribution in [2.24, 2.45) is 0 Å². The monoisotopic (exact) mass is 577 g/mol. The molecule has 1 fully saturated rings. The van der Waals surface area contributed by atoms with Gasteiger partial charge in [-0.15, -0.1) is 0 Å². The number of nitrogens with one attached hydrogen (secondary N) is 1. The van der Waals surface area contributed by atoms with E-state index in [1.54, 1.807) is 13.0 Å². The maximum Gasteiger partial charge on any atom is 0.387 e. The molecule has 4 rings (SSSR count). The molecule has 0 bridgehead atoms. The first-order valence-electron chi connectivity index (χ1n) is 12.4. The molecule has 1 aromatic heterocycles. The zero-order valence-electron chi connectivity index (χ0n) is 22.3. The van der Waals surface area contributed by atoms with Gasteiger partial charge in [-0.1, -0.05) is 0 Å². The first kappa shape index (κ1) is 29.6. The van der Waals surface area contributed by atoms with Gasteiger partial charge in [-0.2, -0.15) is 8.78 Å². The quantitative estimate of drug-likeness (QED) is 0.370. The number of carbonyl (C=O) groups excluding carboxylic acids is 2. The number of rotatable bonds is 10. The van der Waals surface area contributed by atoms with Crippen molar-refractivity contribution in [1.82, 2.24) is 9.88 Å². The average molecular weight is 578 g/mol. The van der Waals surface area contributed by atoms with Gasteiger partial charge in [-0.3, -0.25) is 14.4 Å². The van der Waals surface area contributed by atoms with Crippen LogP contribution in [0.2, 0.25) is 0 Å². The number of anilines is 1. The molecule has 0 saturated carbocycles. The first-order chi connectivity index (χ1) is 19.5. The Kier molecular flexibility index (Phi) is 8.96. The van der Waals surface area contributed by atoms with Crippen LogP contribution in [-0.4, -0.2) is 56.4 Å². The first-order valence-corrected chi connectivity index (χ1v) is 12.4. The molecule has 0 radical (unpaired) electrons. The van der Waals surface area contributed by atoms with E-state index in [1.807, 2.05) is 0 Å². The minimum Gasteiger partial charge on any atom is -0.497 e. The van der Waals surface area contributed by atoms with Crippen LogP contribution in [0.5, 0.6) is 11.5 Å². The van der Waals surface area contributed by atoms with Gasteiger partial charge < -0.3 is 29.0 Å². The summed E-state index contributed by atoms with van der Waals surface area (Å²) >= 11 is 0. The van der Waals surface area contributed by atoms with Crippen molar-refractivity contribution in [3.63, 3.8) is 0 Å². The second-order valence-electron chi connectivity index (χ2n) is 9.22. The number of ether oxygens (including phenoxy) is 3. The highest BCUT2D eigenvalue weighted by atomic mass is 19.3. The summed E-state index contributed by atoms with van der Waals surface area (Å²) in [6.07, 6.45) is 0. The lowest BCUT2D eigenvalue weighted by atomic mass is 9.92. The molecule has 41 heavy (non-hydrogen) atoms. The van der Waals surface area contributed by atoms with Crippen LogP contribution in [0.4, 0.5) is 23.2 Å². The molecule has 1 saturated heterocycles. The predicted octanol–water partition coefficient (Wildman–Crippen LogP) is 3.62. The van der Waals surface area contributed by atoms with Crippen LogP contribution < -0.4 is 25.2 Å². The average Bonchev–Trinajstić information content (AvgIpc) is 3.23. The summed E-state index contributed by atoms with van der Waals surface area (Å²) in [5, 5.41) is 2.50. The summed E-state index contributed by atoms with van der Waals surface area (Å²) in [6, 6.07) is 8.15. The highest BCUT2D eigenvalue weighted by Gasteiger charge is 2.46. The van der Waals surface area contributed by atoms with Gasteiger partial charge >= 0.3 is 6.61 Å². The number of pyridine rings is 1. The molecule has 2 atom stereocenters. The topological polar surface area (TPSA) is 99.1 Å². The van der Waals surface area contributed by atoms with E-state index in [1.165, 1.54) is 37.0 Å². The third kappa shape index (κ3) is 6.19. The molecule has 13 heteroatoms. The van der Waals surface area contributed by atoms with Crippen LogP contribution in [0, 0.1) is 18.6 Å². The minimum absolute atomic E-state index is 0.0236. The number of carbonyl (C=O) groups is 2. The lowest BCUT2D eigenvalue weighted by Gasteiger charge is -2.20. The molecule has 2 heterocycles. The van der Waals surface area contributed by atoms with Crippen molar-refractivity contribution in [2.45, 2.75) is 32.0 Å². The highest BCUT2D eigenvalue weighted by molar-refractivity contribution is 6.05. The number of halogens is 4. The zero-order valence-corrected chi connectivity index (χ0v) is 22.3. The second kappa shape index (κ2) is 12.4. The summed E-state index contributed by atoms with van der Waals surface area (Å²) in [7, 11) is 2.71. The molecule has 2 aromatic carbocycles. The van der Waals surface area contributed by atoms with Gasteiger partial charge in [-0.05, 0) is 43.3 Å². The number of nitrogens with zero attached hydrogens (tertiary/aromatic N) is 2. The molecular formula is C28H27F4N3O6. The van der Waals surface area contributed by atoms with E-state index in [0.717, 1.165) is 29.2 Å². The lowest BCUT2D eigenvalue weighted by molar-refractivity contribution is -0.118. The van der Waals surface area contributed by atoms with Crippen LogP contribution in [0.15, 0.2) is 53.3 Å². The molecule has 1 aliphatic heterocycles. The Morgan fingerprint density at radius 3 is 2.27 bits per heavy atom. The maximum absolute atomic E-state index is 15.2. The lowest BCUT2D eigenvalue weighted by Crippen LogP contribution is -2.44. The highest BCUT2D eigenvalue weighted by Crippen LogP contribution is 2.36. The Morgan fingerprint density at radius 2 is 1.68 bits per heavy atom. The number of hydrogen-bond donors (Lipinski definition) is 1.